The maximum Gasteiger partial charge on any atom is 0.264 e. The molecule has 4 nitrogen and oxygen atoms in total. The summed E-state index contributed by atoms with van der Waals surface area (Å²) in [4.78, 5) is -0.505. The Balaban J connectivity index is 2.38. The zero-order chi connectivity index (χ0) is 15.6. The Morgan fingerprint density at radius 1 is 1.24 bits per heavy atom. The summed E-state index contributed by atoms with van der Waals surface area (Å²) < 4.78 is 41.3. The summed E-state index contributed by atoms with van der Waals surface area (Å²) in [6.07, 6.45) is 0. The maximum absolute atomic E-state index is 13.8. The van der Waals surface area contributed by atoms with Crippen LogP contribution in [-0.2, 0) is 16.6 Å². The third-order valence-corrected chi connectivity index (χ3v) is 5.03. The van der Waals surface area contributed by atoms with Crippen molar-refractivity contribution in [3.05, 3.63) is 56.4 Å². The summed E-state index contributed by atoms with van der Waals surface area (Å²) in [5, 5.41) is 9.12. The monoisotopic (exact) mass is 441 g/mol. The van der Waals surface area contributed by atoms with Gasteiger partial charge in [0.2, 0.25) is 0 Å². The second-order valence-electron chi connectivity index (χ2n) is 4.15. The molecule has 0 saturated heterocycles. The van der Waals surface area contributed by atoms with Crippen molar-refractivity contribution in [3.8, 4) is 0 Å². The Morgan fingerprint density at radius 3 is 2.52 bits per heavy atom. The Morgan fingerprint density at radius 2 is 1.95 bits per heavy atom. The molecular formula is C13H10ClFINO3S. The highest BCUT2D eigenvalue weighted by Gasteiger charge is 2.20. The molecule has 2 N–H and O–H groups in total. The first-order valence-corrected chi connectivity index (χ1v) is 8.64. The molecule has 0 heterocycles. The van der Waals surface area contributed by atoms with Gasteiger partial charge in [0, 0.05) is 3.57 Å². The summed E-state index contributed by atoms with van der Waals surface area (Å²) in [7, 11) is -4.10. The van der Waals surface area contributed by atoms with E-state index >= 15 is 0 Å². The van der Waals surface area contributed by atoms with Crippen LogP contribution in [-0.4, -0.2) is 13.5 Å². The lowest BCUT2D eigenvalue weighted by Gasteiger charge is -2.11. The lowest BCUT2D eigenvalue weighted by atomic mass is 10.2. The number of anilines is 1. The standard InChI is InChI=1S/C13H10ClFINO3S/c14-10-6-9(16)2-3-12(10)17-21(19,20)13-4-1-8(7-18)5-11(13)15/h1-6,17-18H,7H2. The highest BCUT2D eigenvalue weighted by atomic mass is 127. The van der Waals surface area contributed by atoms with Crippen LogP contribution < -0.4 is 4.72 Å². The van der Waals surface area contributed by atoms with E-state index < -0.39 is 20.7 Å². The van der Waals surface area contributed by atoms with Crippen LogP contribution in [0.1, 0.15) is 5.56 Å². The van der Waals surface area contributed by atoms with Crippen molar-refractivity contribution in [1.82, 2.24) is 0 Å². The van der Waals surface area contributed by atoms with Gasteiger partial charge < -0.3 is 5.11 Å². The second-order valence-corrected chi connectivity index (χ2v) is 7.46. The normalized spacial score (nSPS) is 11.4. The lowest BCUT2D eigenvalue weighted by Crippen LogP contribution is -2.15. The molecule has 0 aliphatic heterocycles. The lowest BCUT2D eigenvalue weighted by molar-refractivity contribution is 0.281. The van der Waals surface area contributed by atoms with Crippen molar-refractivity contribution >= 4 is 49.9 Å². The molecule has 0 aliphatic carbocycles. The van der Waals surface area contributed by atoms with Gasteiger partial charge in [-0.05, 0) is 58.5 Å². The first-order valence-electron chi connectivity index (χ1n) is 5.70. The number of hydrogen-bond donors (Lipinski definition) is 2. The fourth-order valence-electron chi connectivity index (χ4n) is 1.63. The number of aliphatic hydroxyl groups is 1. The van der Waals surface area contributed by atoms with Crippen molar-refractivity contribution in [1.29, 1.82) is 0 Å². The van der Waals surface area contributed by atoms with E-state index in [0.717, 1.165) is 15.7 Å². The molecule has 0 amide bonds. The molecule has 0 saturated carbocycles. The summed E-state index contributed by atoms with van der Waals surface area (Å²) in [5.41, 5.74) is 0.460. The van der Waals surface area contributed by atoms with Crippen LogP contribution in [0.2, 0.25) is 5.02 Å². The minimum Gasteiger partial charge on any atom is -0.392 e. The number of rotatable bonds is 4. The fraction of sp³-hybridized carbons (Fsp3) is 0.0769. The minimum absolute atomic E-state index is 0.169. The van der Waals surface area contributed by atoms with E-state index in [2.05, 4.69) is 4.72 Å². The van der Waals surface area contributed by atoms with Crippen LogP contribution in [0, 0.1) is 9.39 Å². The van der Waals surface area contributed by atoms with Gasteiger partial charge in [0.1, 0.15) is 10.7 Å². The molecule has 112 valence electrons. The zero-order valence-corrected chi connectivity index (χ0v) is 14.2. The summed E-state index contributed by atoms with van der Waals surface area (Å²) >= 11 is 7.99. The van der Waals surface area contributed by atoms with Crippen LogP contribution in [0.3, 0.4) is 0 Å². The molecule has 2 aromatic rings. The molecular weight excluding hydrogens is 432 g/mol. The van der Waals surface area contributed by atoms with Crippen molar-refractivity contribution < 1.29 is 17.9 Å². The summed E-state index contributed by atoms with van der Waals surface area (Å²) in [6.45, 7) is -0.367. The maximum atomic E-state index is 13.8. The first-order chi connectivity index (χ1) is 9.83. The average molecular weight is 442 g/mol. The number of aliphatic hydroxyl groups excluding tert-OH is 1. The smallest absolute Gasteiger partial charge is 0.264 e. The van der Waals surface area contributed by atoms with Crippen LogP contribution >= 0.6 is 34.2 Å². The SMILES string of the molecule is O=S(=O)(Nc1ccc(I)cc1Cl)c1ccc(CO)cc1F. The summed E-state index contributed by atoms with van der Waals surface area (Å²) in [6, 6.07) is 8.18. The molecule has 2 rings (SSSR count). The molecule has 0 aliphatic rings. The van der Waals surface area contributed by atoms with E-state index in [4.69, 9.17) is 16.7 Å². The van der Waals surface area contributed by atoms with Gasteiger partial charge in [0.05, 0.1) is 17.3 Å². The molecule has 0 atom stereocenters. The fourth-order valence-corrected chi connectivity index (χ4v) is 3.73. The number of sulfonamides is 1. The van der Waals surface area contributed by atoms with Gasteiger partial charge in [-0.1, -0.05) is 17.7 Å². The average Bonchev–Trinajstić information content (AvgIpc) is 2.41. The Kier molecular flexibility index (Phi) is 5.07. The Bertz CT molecular complexity index is 783. The molecule has 0 fully saturated rings. The number of halogens is 3. The van der Waals surface area contributed by atoms with Gasteiger partial charge in [-0.3, -0.25) is 4.72 Å². The van der Waals surface area contributed by atoms with Crippen LogP contribution in [0.15, 0.2) is 41.3 Å². The molecule has 0 unspecified atom stereocenters. The molecule has 8 heteroatoms. The molecule has 0 bridgehead atoms. The van der Waals surface area contributed by atoms with Crippen molar-refractivity contribution in [2.45, 2.75) is 11.5 Å². The first kappa shape index (κ1) is 16.5. The molecule has 0 radical (unpaired) electrons. The quantitative estimate of drug-likeness (QED) is 0.715. The van der Waals surface area contributed by atoms with Crippen LogP contribution in [0.5, 0.6) is 0 Å². The van der Waals surface area contributed by atoms with E-state index in [9.17, 15) is 12.8 Å². The number of hydrogen-bond acceptors (Lipinski definition) is 3. The van der Waals surface area contributed by atoms with Gasteiger partial charge in [-0.25, -0.2) is 12.8 Å². The molecule has 0 spiro atoms. The van der Waals surface area contributed by atoms with Crippen molar-refractivity contribution in [2.75, 3.05) is 4.72 Å². The molecule has 0 aromatic heterocycles. The predicted molar refractivity (Wildman–Crippen MR) is 87.3 cm³/mol. The van der Waals surface area contributed by atoms with Gasteiger partial charge in [0.15, 0.2) is 0 Å². The van der Waals surface area contributed by atoms with Crippen molar-refractivity contribution in [3.63, 3.8) is 0 Å². The topological polar surface area (TPSA) is 66.4 Å². The second kappa shape index (κ2) is 6.47. The van der Waals surface area contributed by atoms with Gasteiger partial charge in [-0.15, -0.1) is 0 Å². The molecule has 21 heavy (non-hydrogen) atoms. The Hall–Kier alpha value is -0.900. The van der Waals surface area contributed by atoms with Gasteiger partial charge in [0.25, 0.3) is 10.0 Å². The largest absolute Gasteiger partial charge is 0.392 e. The zero-order valence-electron chi connectivity index (χ0n) is 10.5. The number of nitrogens with one attached hydrogen (secondary N) is 1. The van der Waals surface area contributed by atoms with Gasteiger partial charge in [-0.2, -0.15) is 0 Å². The minimum atomic E-state index is -4.10. The van der Waals surface area contributed by atoms with E-state index in [1.54, 1.807) is 12.1 Å². The predicted octanol–water partition coefficient (Wildman–Crippen LogP) is 3.38. The van der Waals surface area contributed by atoms with Crippen LogP contribution in [0.4, 0.5) is 10.1 Å². The Labute approximate surface area is 140 Å². The third-order valence-electron chi connectivity index (χ3n) is 2.64. The van der Waals surface area contributed by atoms with E-state index in [-0.39, 0.29) is 17.3 Å². The van der Waals surface area contributed by atoms with Crippen molar-refractivity contribution in [2.24, 2.45) is 0 Å². The highest BCUT2D eigenvalue weighted by molar-refractivity contribution is 14.1. The van der Waals surface area contributed by atoms with Crippen LogP contribution in [0.25, 0.3) is 0 Å². The summed E-state index contributed by atoms with van der Waals surface area (Å²) in [5.74, 6) is -0.935. The number of benzene rings is 2. The van der Waals surface area contributed by atoms with E-state index in [1.165, 1.54) is 12.1 Å². The molecule has 2 aromatic carbocycles. The highest BCUT2D eigenvalue weighted by Crippen LogP contribution is 2.27. The third kappa shape index (κ3) is 3.85. The van der Waals surface area contributed by atoms with Gasteiger partial charge >= 0.3 is 0 Å². The van der Waals surface area contributed by atoms with E-state index in [0.29, 0.717) is 5.56 Å². The van der Waals surface area contributed by atoms with E-state index in [1.807, 2.05) is 22.6 Å².